The molecule has 3 amide bonds. The Labute approximate surface area is 175 Å². The Bertz CT molecular complexity index is 788. The third-order valence-corrected chi connectivity index (χ3v) is 6.36. The summed E-state index contributed by atoms with van der Waals surface area (Å²) in [5.74, 6) is -0.599. The van der Waals surface area contributed by atoms with Gasteiger partial charge in [-0.1, -0.05) is 18.7 Å². The monoisotopic (exact) mass is 416 g/mol. The second-order valence-electron chi connectivity index (χ2n) is 7.50. The summed E-state index contributed by atoms with van der Waals surface area (Å²) in [5.41, 5.74) is 1.15. The molecule has 2 heterocycles. The predicted octanol–water partition coefficient (Wildman–Crippen LogP) is 3.03. The second-order valence-corrected chi connectivity index (χ2v) is 8.67. The van der Waals surface area contributed by atoms with Crippen LogP contribution in [0, 0.1) is 0 Å². The van der Waals surface area contributed by atoms with Crippen molar-refractivity contribution in [3.8, 4) is 0 Å². The van der Waals surface area contributed by atoms with Gasteiger partial charge in [-0.3, -0.25) is 14.4 Å². The SMILES string of the molecule is CC[C@@H](C)NC(=O)c1ccc(NC(=O)C[C@H]2SC(N3CCCCC3)=NC2=O)cc1. The zero-order valence-corrected chi connectivity index (χ0v) is 17.8. The van der Waals surface area contributed by atoms with Crippen molar-refractivity contribution in [2.24, 2.45) is 4.99 Å². The first-order valence-corrected chi connectivity index (χ1v) is 11.1. The highest BCUT2D eigenvalue weighted by Crippen LogP contribution is 2.29. The number of aliphatic imine (C=N–C) groups is 1. The fourth-order valence-electron chi connectivity index (χ4n) is 3.22. The van der Waals surface area contributed by atoms with Crippen LogP contribution in [0.3, 0.4) is 0 Å². The van der Waals surface area contributed by atoms with Crippen molar-refractivity contribution in [1.82, 2.24) is 10.2 Å². The lowest BCUT2D eigenvalue weighted by molar-refractivity contribution is -0.121. The quantitative estimate of drug-likeness (QED) is 0.744. The van der Waals surface area contributed by atoms with Crippen LogP contribution in [0.25, 0.3) is 0 Å². The number of benzene rings is 1. The van der Waals surface area contributed by atoms with E-state index in [1.54, 1.807) is 24.3 Å². The van der Waals surface area contributed by atoms with Gasteiger partial charge in [-0.15, -0.1) is 0 Å². The summed E-state index contributed by atoms with van der Waals surface area (Å²) in [6, 6.07) is 6.87. The Hall–Kier alpha value is -2.35. The predicted molar refractivity (Wildman–Crippen MR) is 116 cm³/mol. The van der Waals surface area contributed by atoms with E-state index in [1.165, 1.54) is 18.2 Å². The van der Waals surface area contributed by atoms with E-state index in [2.05, 4.69) is 20.5 Å². The lowest BCUT2D eigenvalue weighted by atomic mass is 10.1. The van der Waals surface area contributed by atoms with Crippen molar-refractivity contribution in [3.63, 3.8) is 0 Å². The molecule has 0 saturated carbocycles. The molecule has 1 aromatic rings. The maximum atomic E-state index is 12.4. The molecular formula is C21H28N4O3S. The molecule has 2 atom stereocenters. The summed E-state index contributed by atoms with van der Waals surface area (Å²) in [6.07, 6.45) is 4.39. The zero-order chi connectivity index (χ0) is 20.8. The first-order chi connectivity index (χ1) is 14.0. The van der Waals surface area contributed by atoms with E-state index in [4.69, 9.17) is 0 Å². The van der Waals surface area contributed by atoms with Crippen LogP contribution in [0.5, 0.6) is 0 Å². The normalized spacial score (nSPS) is 20.2. The van der Waals surface area contributed by atoms with Gasteiger partial charge in [-0.25, -0.2) is 0 Å². The summed E-state index contributed by atoms with van der Waals surface area (Å²) >= 11 is 1.39. The lowest BCUT2D eigenvalue weighted by Crippen LogP contribution is -2.33. The van der Waals surface area contributed by atoms with E-state index in [0.717, 1.165) is 37.5 Å². The molecule has 2 N–H and O–H groups in total. The molecular weight excluding hydrogens is 388 g/mol. The summed E-state index contributed by atoms with van der Waals surface area (Å²) in [5, 5.41) is 6.00. The maximum absolute atomic E-state index is 12.4. The Balaban J connectivity index is 1.49. The number of anilines is 1. The molecule has 0 aromatic heterocycles. The van der Waals surface area contributed by atoms with Crippen molar-refractivity contribution in [3.05, 3.63) is 29.8 Å². The number of thioether (sulfide) groups is 1. The number of nitrogens with one attached hydrogen (secondary N) is 2. The van der Waals surface area contributed by atoms with Crippen LogP contribution in [0.4, 0.5) is 5.69 Å². The van der Waals surface area contributed by atoms with Crippen LogP contribution < -0.4 is 10.6 Å². The number of amidine groups is 1. The van der Waals surface area contributed by atoms with Crippen LogP contribution in [-0.2, 0) is 9.59 Å². The molecule has 2 aliphatic heterocycles. The highest BCUT2D eigenvalue weighted by Gasteiger charge is 2.33. The molecule has 0 unspecified atom stereocenters. The van der Waals surface area contributed by atoms with Gasteiger partial charge < -0.3 is 15.5 Å². The number of carbonyl (C=O) groups excluding carboxylic acids is 3. The van der Waals surface area contributed by atoms with E-state index < -0.39 is 5.25 Å². The van der Waals surface area contributed by atoms with Gasteiger partial charge in [0.05, 0.1) is 0 Å². The standard InChI is InChI=1S/C21H28N4O3S/c1-3-14(2)22-19(27)15-7-9-16(10-8-15)23-18(26)13-17-20(28)24-21(29-17)25-11-5-4-6-12-25/h7-10,14,17H,3-6,11-13H2,1-2H3,(H,22,27)(H,23,26)/t14-,17-/m1/s1. The number of hydrogen-bond donors (Lipinski definition) is 2. The molecule has 2 aliphatic rings. The van der Waals surface area contributed by atoms with E-state index in [0.29, 0.717) is 11.3 Å². The Morgan fingerprint density at radius 2 is 1.90 bits per heavy atom. The molecule has 0 spiro atoms. The van der Waals surface area contributed by atoms with Crippen LogP contribution >= 0.6 is 11.8 Å². The number of likely N-dealkylation sites (tertiary alicyclic amines) is 1. The topological polar surface area (TPSA) is 90.9 Å². The summed E-state index contributed by atoms with van der Waals surface area (Å²) in [7, 11) is 0. The molecule has 29 heavy (non-hydrogen) atoms. The second kappa shape index (κ2) is 9.91. The van der Waals surface area contributed by atoms with Crippen molar-refractivity contribution in [1.29, 1.82) is 0 Å². The third-order valence-electron chi connectivity index (χ3n) is 5.15. The Morgan fingerprint density at radius 3 is 2.55 bits per heavy atom. The number of amides is 3. The molecule has 1 aromatic carbocycles. The average Bonchev–Trinajstić information content (AvgIpc) is 3.09. The van der Waals surface area contributed by atoms with Crippen LogP contribution in [0.15, 0.2) is 29.3 Å². The maximum Gasteiger partial charge on any atom is 0.262 e. The number of rotatable bonds is 6. The van der Waals surface area contributed by atoms with Gasteiger partial charge in [0.1, 0.15) is 5.25 Å². The Kier molecular flexibility index (Phi) is 7.30. The molecule has 1 saturated heterocycles. The van der Waals surface area contributed by atoms with E-state index in [9.17, 15) is 14.4 Å². The van der Waals surface area contributed by atoms with E-state index in [-0.39, 0.29) is 30.2 Å². The fourth-order valence-corrected chi connectivity index (χ4v) is 4.34. The highest BCUT2D eigenvalue weighted by atomic mass is 32.2. The first-order valence-electron chi connectivity index (χ1n) is 10.2. The van der Waals surface area contributed by atoms with Gasteiger partial charge in [0.25, 0.3) is 11.8 Å². The largest absolute Gasteiger partial charge is 0.351 e. The minimum absolute atomic E-state index is 0.0839. The van der Waals surface area contributed by atoms with Crippen molar-refractivity contribution in [2.75, 3.05) is 18.4 Å². The molecule has 3 rings (SSSR count). The van der Waals surface area contributed by atoms with Crippen molar-refractivity contribution >= 4 is 40.3 Å². The molecule has 7 nitrogen and oxygen atoms in total. The van der Waals surface area contributed by atoms with Gasteiger partial charge in [-0.2, -0.15) is 4.99 Å². The minimum atomic E-state index is -0.465. The minimum Gasteiger partial charge on any atom is -0.351 e. The van der Waals surface area contributed by atoms with Gasteiger partial charge >= 0.3 is 0 Å². The van der Waals surface area contributed by atoms with Gasteiger partial charge in [0.15, 0.2) is 5.17 Å². The molecule has 0 aliphatic carbocycles. The van der Waals surface area contributed by atoms with Crippen LogP contribution in [0.2, 0.25) is 0 Å². The molecule has 8 heteroatoms. The highest BCUT2D eigenvalue weighted by molar-refractivity contribution is 8.15. The van der Waals surface area contributed by atoms with E-state index >= 15 is 0 Å². The summed E-state index contributed by atoms with van der Waals surface area (Å²) < 4.78 is 0. The van der Waals surface area contributed by atoms with Gasteiger partial charge in [-0.05, 0) is 56.9 Å². The van der Waals surface area contributed by atoms with Crippen LogP contribution in [0.1, 0.15) is 56.3 Å². The molecule has 0 bridgehead atoms. The number of piperidine rings is 1. The van der Waals surface area contributed by atoms with E-state index in [1.807, 2.05) is 13.8 Å². The lowest BCUT2D eigenvalue weighted by Gasteiger charge is -2.27. The fraction of sp³-hybridized carbons (Fsp3) is 0.524. The summed E-state index contributed by atoms with van der Waals surface area (Å²) in [6.45, 7) is 5.82. The third kappa shape index (κ3) is 5.82. The average molecular weight is 417 g/mol. The summed E-state index contributed by atoms with van der Waals surface area (Å²) in [4.78, 5) is 43.0. The zero-order valence-electron chi connectivity index (χ0n) is 16.9. The van der Waals surface area contributed by atoms with Crippen molar-refractivity contribution in [2.45, 2.75) is 57.2 Å². The van der Waals surface area contributed by atoms with Gasteiger partial charge in [0, 0.05) is 36.8 Å². The molecule has 1 fully saturated rings. The smallest absolute Gasteiger partial charge is 0.262 e. The number of nitrogens with zero attached hydrogens (tertiary/aromatic N) is 2. The van der Waals surface area contributed by atoms with Crippen molar-refractivity contribution < 1.29 is 14.4 Å². The number of carbonyl (C=O) groups is 3. The van der Waals surface area contributed by atoms with Crippen LogP contribution in [-0.4, -0.2) is 52.2 Å². The van der Waals surface area contributed by atoms with Gasteiger partial charge in [0.2, 0.25) is 5.91 Å². The molecule has 156 valence electrons. The molecule has 0 radical (unpaired) electrons. The number of hydrogen-bond acceptors (Lipinski definition) is 5. The first kappa shape index (κ1) is 21.4. The Morgan fingerprint density at radius 1 is 1.21 bits per heavy atom.